The second kappa shape index (κ2) is 7.65. The highest BCUT2D eigenvalue weighted by molar-refractivity contribution is 5.95. The lowest BCUT2D eigenvalue weighted by atomic mass is 10.1. The fourth-order valence-electron chi connectivity index (χ4n) is 2.30. The van der Waals surface area contributed by atoms with Gasteiger partial charge in [-0.3, -0.25) is 9.59 Å². The van der Waals surface area contributed by atoms with E-state index in [0.717, 1.165) is 4.90 Å². The van der Waals surface area contributed by atoms with E-state index in [2.05, 4.69) is 5.32 Å². The lowest BCUT2D eigenvalue weighted by Crippen LogP contribution is -3.08. The molecule has 1 atom stereocenters. The number of carbonyl (C=O) groups is 2. The standard InChI is InChI=1S/C18H19FN2O2/c1-13(22)14-7-9-16(10-8-14)20-18(23)12-21(2)11-15-5-3-4-6-17(15)19/h3-10H,11-12H2,1-2H3,(H,20,23)/p+1. The SMILES string of the molecule is CC(=O)c1ccc(NC(=O)C[NH+](C)Cc2ccccc2F)cc1. The molecule has 0 aliphatic rings. The molecule has 2 rings (SSSR count). The van der Waals surface area contributed by atoms with Gasteiger partial charge >= 0.3 is 0 Å². The number of anilines is 1. The van der Waals surface area contributed by atoms with E-state index in [4.69, 9.17) is 0 Å². The van der Waals surface area contributed by atoms with Gasteiger partial charge in [0.1, 0.15) is 12.4 Å². The number of Topliss-reactive ketones (excluding diaryl/α,β-unsaturated/α-hetero) is 1. The smallest absolute Gasteiger partial charge is 0.279 e. The molecule has 0 fully saturated rings. The van der Waals surface area contributed by atoms with E-state index < -0.39 is 0 Å². The van der Waals surface area contributed by atoms with Crippen LogP contribution in [-0.4, -0.2) is 25.3 Å². The fraction of sp³-hybridized carbons (Fsp3) is 0.222. The van der Waals surface area contributed by atoms with Crippen LogP contribution in [0.4, 0.5) is 10.1 Å². The maximum Gasteiger partial charge on any atom is 0.279 e. The number of halogens is 1. The molecule has 1 unspecified atom stereocenters. The van der Waals surface area contributed by atoms with Gasteiger partial charge in [0.25, 0.3) is 5.91 Å². The molecule has 0 heterocycles. The van der Waals surface area contributed by atoms with Crippen LogP contribution in [0.1, 0.15) is 22.8 Å². The predicted octanol–water partition coefficient (Wildman–Crippen LogP) is 1.68. The van der Waals surface area contributed by atoms with Crippen molar-refractivity contribution in [3.05, 3.63) is 65.5 Å². The number of benzene rings is 2. The van der Waals surface area contributed by atoms with Gasteiger partial charge in [0.15, 0.2) is 12.3 Å². The number of quaternary nitrogens is 1. The minimum atomic E-state index is -0.257. The van der Waals surface area contributed by atoms with Gasteiger partial charge in [-0.1, -0.05) is 18.2 Å². The summed E-state index contributed by atoms with van der Waals surface area (Å²) in [4.78, 5) is 24.1. The number of rotatable bonds is 6. The molecule has 0 aromatic heterocycles. The van der Waals surface area contributed by atoms with Gasteiger partial charge < -0.3 is 10.2 Å². The van der Waals surface area contributed by atoms with Crippen LogP contribution in [0.5, 0.6) is 0 Å². The first-order valence-electron chi connectivity index (χ1n) is 7.41. The molecule has 0 radical (unpaired) electrons. The highest BCUT2D eigenvalue weighted by Crippen LogP contribution is 2.09. The monoisotopic (exact) mass is 315 g/mol. The molecule has 0 saturated heterocycles. The molecule has 0 aliphatic heterocycles. The van der Waals surface area contributed by atoms with Crippen LogP contribution in [0.25, 0.3) is 0 Å². The molecule has 0 bridgehead atoms. The Hall–Kier alpha value is -2.53. The van der Waals surface area contributed by atoms with Crippen molar-refractivity contribution in [3.8, 4) is 0 Å². The van der Waals surface area contributed by atoms with Crippen LogP contribution >= 0.6 is 0 Å². The van der Waals surface area contributed by atoms with Crippen molar-refractivity contribution >= 4 is 17.4 Å². The Kier molecular flexibility index (Phi) is 5.60. The first kappa shape index (κ1) is 16.8. The summed E-state index contributed by atoms with van der Waals surface area (Å²) in [5, 5.41) is 2.77. The predicted molar refractivity (Wildman–Crippen MR) is 86.9 cm³/mol. The van der Waals surface area contributed by atoms with Crippen LogP contribution < -0.4 is 10.2 Å². The molecule has 0 spiro atoms. The van der Waals surface area contributed by atoms with Crippen LogP contribution in [0, 0.1) is 5.82 Å². The number of nitrogens with one attached hydrogen (secondary N) is 2. The Morgan fingerprint density at radius 3 is 2.35 bits per heavy atom. The Labute approximate surface area is 134 Å². The molecule has 1 amide bonds. The Morgan fingerprint density at radius 2 is 1.74 bits per heavy atom. The number of carbonyl (C=O) groups excluding carboxylic acids is 2. The van der Waals surface area contributed by atoms with Crippen molar-refractivity contribution < 1.29 is 18.9 Å². The van der Waals surface area contributed by atoms with Crippen molar-refractivity contribution in [1.82, 2.24) is 0 Å². The number of amides is 1. The topological polar surface area (TPSA) is 50.6 Å². The van der Waals surface area contributed by atoms with E-state index in [9.17, 15) is 14.0 Å². The molecule has 2 aromatic rings. The van der Waals surface area contributed by atoms with E-state index in [-0.39, 0.29) is 24.1 Å². The molecular weight excluding hydrogens is 295 g/mol. The quantitative estimate of drug-likeness (QED) is 0.797. The number of likely N-dealkylation sites (N-methyl/N-ethyl adjacent to an activating group) is 1. The van der Waals surface area contributed by atoms with E-state index in [1.807, 2.05) is 7.05 Å². The number of hydrogen-bond acceptors (Lipinski definition) is 2. The first-order valence-corrected chi connectivity index (χ1v) is 7.41. The van der Waals surface area contributed by atoms with Crippen LogP contribution in [0.15, 0.2) is 48.5 Å². The Bertz CT molecular complexity index is 698. The normalized spacial score (nSPS) is 11.8. The molecule has 4 nitrogen and oxygen atoms in total. The molecule has 0 saturated carbocycles. The van der Waals surface area contributed by atoms with Crippen molar-refractivity contribution in [3.63, 3.8) is 0 Å². The van der Waals surface area contributed by atoms with E-state index >= 15 is 0 Å². The molecule has 23 heavy (non-hydrogen) atoms. The zero-order valence-electron chi connectivity index (χ0n) is 13.2. The van der Waals surface area contributed by atoms with Gasteiger partial charge in [-0.25, -0.2) is 4.39 Å². The summed E-state index contributed by atoms with van der Waals surface area (Å²) in [7, 11) is 1.84. The van der Waals surface area contributed by atoms with Gasteiger partial charge in [-0.15, -0.1) is 0 Å². The van der Waals surface area contributed by atoms with E-state index in [1.54, 1.807) is 42.5 Å². The minimum Gasteiger partial charge on any atom is -0.326 e. The number of ketones is 1. The average molecular weight is 315 g/mol. The summed E-state index contributed by atoms with van der Waals surface area (Å²) in [6.45, 7) is 2.15. The van der Waals surface area contributed by atoms with Crippen molar-refractivity contribution in [2.45, 2.75) is 13.5 Å². The maximum atomic E-state index is 13.6. The van der Waals surface area contributed by atoms with Gasteiger partial charge in [0, 0.05) is 16.8 Å². The highest BCUT2D eigenvalue weighted by atomic mass is 19.1. The third-order valence-corrected chi connectivity index (χ3v) is 3.49. The Balaban J connectivity index is 1.89. The van der Waals surface area contributed by atoms with E-state index in [1.165, 1.54) is 13.0 Å². The second-order valence-electron chi connectivity index (χ2n) is 5.58. The van der Waals surface area contributed by atoms with Gasteiger partial charge in [0.05, 0.1) is 7.05 Å². The van der Waals surface area contributed by atoms with Crippen molar-refractivity contribution in [2.75, 3.05) is 18.9 Å². The van der Waals surface area contributed by atoms with E-state index in [0.29, 0.717) is 23.4 Å². The summed E-state index contributed by atoms with van der Waals surface area (Å²) >= 11 is 0. The summed E-state index contributed by atoms with van der Waals surface area (Å²) in [6, 6.07) is 13.3. The lowest BCUT2D eigenvalue weighted by Gasteiger charge is -2.14. The van der Waals surface area contributed by atoms with Gasteiger partial charge in [-0.05, 0) is 37.3 Å². The second-order valence-corrected chi connectivity index (χ2v) is 5.58. The summed E-state index contributed by atoms with van der Waals surface area (Å²) in [6.07, 6.45) is 0. The van der Waals surface area contributed by atoms with Gasteiger partial charge in [-0.2, -0.15) is 0 Å². The Morgan fingerprint density at radius 1 is 1.09 bits per heavy atom. The zero-order chi connectivity index (χ0) is 16.8. The fourth-order valence-corrected chi connectivity index (χ4v) is 2.30. The molecule has 2 aromatic carbocycles. The highest BCUT2D eigenvalue weighted by Gasteiger charge is 2.13. The van der Waals surface area contributed by atoms with Crippen LogP contribution in [0.3, 0.4) is 0 Å². The zero-order valence-corrected chi connectivity index (χ0v) is 13.2. The lowest BCUT2D eigenvalue weighted by molar-refractivity contribution is -0.885. The largest absolute Gasteiger partial charge is 0.326 e. The molecule has 5 heteroatoms. The summed E-state index contributed by atoms with van der Waals surface area (Å²) in [5.41, 5.74) is 1.83. The van der Waals surface area contributed by atoms with Crippen LogP contribution in [-0.2, 0) is 11.3 Å². The molecular formula is C18H20FN2O2+. The average Bonchev–Trinajstić information content (AvgIpc) is 2.50. The third kappa shape index (κ3) is 5.00. The number of hydrogen-bond donors (Lipinski definition) is 2. The molecule has 120 valence electrons. The summed E-state index contributed by atoms with van der Waals surface area (Å²) in [5.74, 6) is -0.432. The third-order valence-electron chi connectivity index (χ3n) is 3.49. The minimum absolute atomic E-state index is 0.0167. The van der Waals surface area contributed by atoms with Crippen molar-refractivity contribution in [1.29, 1.82) is 0 Å². The molecule has 2 N–H and O–H groups in total. The molecule has 0 aliphatic carbocycles. The first-order chi connectivity index (χ1) is 11.0. The van der Waals surface area contributed by atoms with Crippen molar-refractivity contribution in [2.24, 2.45) is 0 Å². The maximum absolute atomic E-state index is 13.6. The summed E-state index contributed by atoms with van der Waals surface area (Å²) < 4.78 is 13.6. The van der Waals surface area contributed by atoms with Gasteiger partial charge in [0.2, 0.25) is 0 Å². The van der Waals surface area contributed by atoms with Crippen LogP contribution in [0.2, 0.25) is 0 Å².